The van der Waals surface area contributed by atoms with Crippen molar-refractivity contribution in [2.45, 2.75) is 71.1 Å². The molecule has 0 saturated heterocycles. The van der Waals surface area contributed by atoms with Crippen LogP contribution in [0.5, 0.6) is 0 Å². The standard InChI is InChI=1S/C26H31N7O3/c1-15(2)31-22-10-24(33-25-19(13-30-33)8-18(11-27)12-29-25)28-14-21(22)26(36)32-20-6-4-17(5-7-20)9-23(35)16(3)34/h8,10,12-17,20,34H,4-7,9H2,1-3H3,(H,28,31)(H,32,36)/t16-,17?,20?/m0/s1. The third kappa shape index (κ3) is 5.69. The highest BCUT2D eigenvalue weighted by Crippen LogP contribution is 2.28. The summed E-state index contributed by atoms with van der Waals surface area (Å²) in [5.74, 6) is 0.429. The van der Waals surface area contributed by atoms with Gasteiger partial charge < -0.3 is 15.7 Å². The molecule has 4 rings (SSSR count). The van der Waals surface area contributed by atoms with Crippen LogP contribution in [0.25, 0.3) is 16.9 Å². The van der Waals surface area contributed by atoms with Gasteiger partial charge in [0, 0.05) is 42.4 Å². The molecule has 0 unspecified atom stereocenters. The van der Waals surface area contributed by atoms with E-state index in [4.69, 9.17) is 5.26 Å². The number of nitrogens with zero attached hydrogens (tertiary/aromatic N) is 5. The highest BCUT2D eigenvalue weighted by Gasteiger charge is 2.26. The largest absolute Gasteiger partial charge is 0.386 e. The van der Waals surface area contributed by atoms with Crippen molar-refractivity contribution in [1.82, 2.24) is 25.1 Å². The van der Waals surface area contributed by atoms with Crippen molar-refractivity contribution in [2.75, 3.05) is 5.32 Å². The molecule has 3 heterocycles. The second kappa shape index (κ2) is 10.8. The Hall–Kier alpha value is -3.84. The average molecular weight is 490 g/mol. The molecule has 0 bridgehead atoms. The molecular weight excluding hydrogens is 458 g/mol. The number of Topliss-reactive ketones (excluding diaryl/α,β-unsaturated/α-hetero) is 1. The van der Waals surface area contributed by atoms with Gasteiger partial charge in [0.25, 0.3) is 5.91 Å². The van der Waals surface area contributed by atoms with Gasteiger partial charge in [-0.05, 0) is 58.4 Å². The number of carbonyl (C=O) groups is 2. The van der Waals surface area contributed by atoms with Crippen LogP contribution in [-0.4, -0.2) is 54.7 Å². The number of rotatable bonds is 8. The van der Waals surface area contributed by atoms with Crippen molar-refractivity contribution < 1.29 is 14.7 Å². The number of aromatic nitrogens is 4. The van der Waals surface area contributed by atoms with Crippen LogP contribution in [0.1, 0.15) is 68.8 Å². The molecule has 0 radical (unpaired) electrons. The van der Waals surface area contributed by atoms with Crippen molar-refractivity contribution in [2.24, 2.45) is 5.92 Å². The Bertz CT molecular complexity index is 1300. The predicted octanol–water partition coefficient (Wildman–Crippen LogP) is 3.14. The normalized spacial score (nSPS) is 18.6. The molecule has 10 heteroatoms. The van der Waals surface area contributed by atoms with E-state index in [9.17, 15) is 14.7 Å². The fourth-order valence-corrected chi connectivity index (χ4v) is 4.55. The second-order valence-corrected chi connectivity index (χ2v) is 9.73. The summed E-state index contributed by atoms with van der Waals surface area (Å²) in [6.07, 6.45) is 7.39. The van der Waals surface area contributed by atoms with Crippen LogP contribution >= 0.6 is 0 Å². The molecule has 36 heavy (non-hydrogen) atoms. The SMILES string of the molecule is CC(C)Nc1cc(-n2ncc3cc(C#N)cnc32)ncc1C(=O)NC1CCC(CC(=O)[C@H](C)O)CC1. The van der Waals surface area contributed by atoms with Crippen LogP contribution in [0.4, 0.5) is 5.69 Å². The van der Waals surface area contributed by atoms with Crippen LogP contribution in [0, 0.1) is 17.2 Å². The molecule has 1 aliphatic rings. The molecule has 0 aromatic carbocycles. The lowest BCUT2D eigenvalue weighted by atomic mass is 9.82. The van der Waals surface area contributed by atoms with Crippen molar-refractivity contribution in [3.63, 3.8) is 0 Å². The Morgan fingerprint density at radius 3 is 2.56 bits per heavy atom. The third-order valence-corrected chi connectivity index (χ3v) is 6.47. The third-order valence-electron chi connectivity index (χ3n) is 6.47. The second-order valence-electron chi connectivity index (χ2n) is 9.73. The fraction of sp³-hybridized carbons (Fsp3) is 0.462. The molecule has 1 aliphatic carbocycles. The lowest BCUT2D eigenvalue weighted by Crippen LogP contribution is -2.38. The van der Waals surface area contributed by atoms with Gasteiger partial charge in [-0.1, -0.05) is 0 Å². The number of fused-ring (bicyclic) bond motifs is 1. The molecule has 3 aromatic rings. The summed E-state index contributed by atoms with van der Waals surface area (Å²) in [7, 11) is 0. The van der Waals surface area contributed by atoms with Gasteiger partial charge in [0.2, 0.25) is 0 Å². The number of carbonyl (C=O) groups excluding carboxylic acids is 2. The van der Waals surface area contributed by atoms with E-state index in [1.54, 1.807) is 29.2 Å². The first-order valence-corrected chi connectivity index (χ1v) is 12.3. The maximum Gasteiger partial charge on any atom is 0.255 e. The number of amides is 1. The van der Waals surface area contributed by atoms with Gasteiger partial charge in [-0.25, -0.2) is 9.97 Å². The maximum atomic E-state index is 13.2. The maximum absolute atomic E-state index is 13.2. The summed E-state index contributed by atoms with van der Waals surface area (Å²) in [6, 6.07) is 5.67. The summed E-state index contributed by atoms with van der Waals surface area (Å²) in [6.45, 7) is 5.49. The molecule has 1 fully saturated rings. The summed E-state index contributed by atoms with van der Waals surface area (Å²) < 4.78 is 1.58. The smallest absolute Gasteiger partial charge is 0.255 e. The highest BCUT2D eigenvalue weighted by atomic mass is 16.3. The van der Waals surface area contributed by atoms with Gasteiger partial charge in [-0.3, -0.25) is 9.59 Å². The Morgan fingerprint density at radius 1 is 1.14 bits per heavy atom. The summed E-state index contributed by atoms with van der Waals surface area (Å²) >= 11 is 0. The Balaban J connectivity index is 1.50. The molecule has 3 N–H and O–H groups in total. The number of hydrogen-bond donors (Lipinski definition) is 3. The monoisotopic (exact) mass is 489 g/mol. The van der Waals surface area contributed by atoms with E-state index in [0.717, 1.165) is 31.1 Å². The summed E-state index contributed by atoms with van der Waals surface area (Å²) in [5.41, 5.74) is 2.10. The van der Waals surface area contributed by atoms with Crippen LogP contribution in [-0.2, 0) is 4.79 Å². The number of hydrogen-bond acceptors (Lipinski definition) is 8. The molecule has 10 nitrogen and oxygen atoms in total. The topological polar surface area (TPSA) is 146 Å². The van der Waals surface area contributed by atoms with Crippen molar-refractivity contribution in [3.05, 3.63) is 41.9 Å². The van der Waals surface area contributed by atoms with E-state index in [0.29, 0.717) is 34.7 Å². The molecule has 0 spiro atoms. The zero-order chi connectivity index (χ0) is 25.8. The van der Waals surface area contributed by atoms with Crippen molar-refractivity contribution in [3.8, 4) is 11.9 Å². The minimum absolute atomic E-state index is 0.0237. The van der Waals surface area contributed by atoms with Crippen molar-refractivity contribution >= 4 is 28.4 Å². The molecule has 1 saturated carbocycles. The molecule has 1 amide bonds. The van der Waals surface area contributed by atoms with Crippen molar-refractivity contribution in [1.29, 1.82) is 5.26 Å². The Labute approximate surface area is 209 Å². The summed E-state index contributed by atoms with van der Waals surface area (Å²) in [4.78, 5) is 33.9. The van der Waals surface area contributed by atoms with E-state index in [1.807, 2.05) is 13.8 Å². The molecule has 1 atom stereocenters. The van der Waals surface area contributed by atoms with E-state index < -0.39 is 6.10 Å². The van der Waals surface area contributed by atoms with Gasteiger partial charge in [0.15, 0.2) is 17.2 Å². The van der Waals surface area contributed by atoms with Gasteiger partial charge in [0.05, 0.1) is 23.0 Å². The van der Waals surface area contributed by atoms with Crippen LogP contribution in [0.15, 0.2) is 30.7 Å². The minimum atomic E-state index is -0.921. The quantitative estimate of drug-likeness (QED) is 0.437. The number of aliphatic hydroxyl groups excluding tert-OH is 1. The zero-order valence-corrected chi connectivity index (χ0v) is 20.7. The molecule has 3 aromatic heterocycles. The van der Waals surface area contributed by atoms with E-state index in [1.165, 1.54) is 13.1 Å². The Morgan fingerprint density at radius 2 is 1.89 bits per heavy atom. The van der Waals surface area contributed by atoms with Crippen LogP contribution in [0.2, 0.25) is 0 Å². The first-order valence-electron chi connectivity index (χ1n) is 12.3. The minimum Gasteiger partial charge on any atom is -0.386 e. The average Bonchev–Trinajstić information content (AvgIpc) is 3.27. The molecule has 188 valence electrons. The first-order chi connectivity index (χ1) is 17.2. The molecule has 0 aliphatic heterocycles. The first kappa shape index (κ1) is 25.3. The fourth-order valence-electron chi connectivity index (χ4n) is 4.55. The molecular formula is C26H31N7O3. The number of anilines is 1. The van der Waals surface area contributed by atoms with E-state index in [-0.39, 0.29) is 29.7 Å². The lowest BCUT2D eigenvalue weighted by Gasteiger charge is -2.29. The van der Waals surface area contributed by atoms with Crippen LogP contribution in [0.3, 0.4) is 0 Å². The number of aliphatic hydroxyl groups is 1. The van der Waals surface area contributed by atoms with E-state index >= 15 is 0 Å². The lowest BCUT2D eigenvalue weighted by molar-refractivity contribution is -0.127. The van der Waals surface area contributed by atoms with Gasteiger partial charge in [0.1, 0.15) is 12.2 Å². The van der Waals surface area contributed by atoms with Gasteiger partial charge in [-0.2, -0.15) is 15.0 Å². The number of nitriles is 1. The van der Waals surface area contributed by atoms with E-state index in [2.05, 4.69) is 31.8 Å². The highest BCUT2D eigenvalue weighted by molar-refractivity contribution is 5.99. The number of pyridine rings is 2. The van der Waals surface area contributed by atoms with Gasteiger partial charge >= 0.3 is 0 Å². The zero-order valence-electron chi connectivity index (χ0n) is 20.7. The Kier molecular flexibility index (Phi) is 7.60. The van der Waals surface area contributed by atoms with Gasteiger partial charge in [-0.15, -0.1) is 0 Å². The summed E-state index contributed by atoms with van der Waals surface area (Å²) in [5, 5.41) is 30.1. The predicted molar refractivity (Wildman–Crippen MR) is 135 cm³/mol. The van der Waals surface area contributed by atoms with Crippen LogP contribution < -0.4 is 10.6 Å². The number of nitrogens with one attached hydrogen (secondary N) is 2. The number of ketones is 1.